The van der Waals surface area contributed by atoms with Crippen molar-refractivity contribution in [3.8, 4) is 10.7 Å². The molecule has 1 aliphatic rings. The summed E-state index contributed by atoms with van der Waals surface area (Å²) < 4.78 is 0. The van der Waals surface area contributed by atoms with Crippen LogP contribution in [0.1, 0.15) is 49.8 Å². The summed E-state index contributed by atoms with van der Waals surface area (Å²) in [6.07, 6.45) is 2.15. The maximum Gasteiger partial charge on any atom is 0.274 e. The van der Waals surface area contributed by atoms with Gasteiger partial charge in [-0.2, -0.15) is 4.98 Å². The smallest absolute Gasteiger partial charge is 0.274 e. The molecule has 0 bridgehead atoms. The molecule has 1 amide bonds. The van der Waals surface area contributed by atoms with Crippen molar-refractivity contribution in [1.29, 1.82) is 0 Å². The Labute approximate surface area is 147 Å². The normalized spacial score (nSPS) is 13.8. The van der Waals surface area contributed by atoms with Crippen LogP contribution in [0.25, 0.3) is 10.7 Å². The number of rotatable bonds is 3. The molecule has 0 aliphatic heterocycles. The molecule has 0 saturated heterocycles. The lowest BCUT2D eigenvalue weighted by Gasteiger charge is -2.09. The van der Waals surface area contributed by atoms with E-state index in [1.807, 2.05) is 19.1 Å². The van der Waals surface area contributed by atoms with Gasteiger partial charge in [-0.05, 0) is 44.4 Å². The first-order chi connectivity index (χ1) is 12.0. The summed E-state index contributed by atoms with van der Waals surface area (Å²) in [5.74, 6) is 0.588. The van der Waals surface area contributed by atoms with E-state index in [4.69, 9.17) is 0 Å². The number of aromatic amines is 2. The number of Topliss-reactive ketones (excluding diaryl/α,β-unsaturated/α-hetero) is 1. The number of carbonyl (C=O) groups is 2. The third kappa shape index (κ3) is 2.78. The number of aryl methyl sites for hydroxylation is 2. The van der Waals surface area contributed by atoms with Crippen molar-refractivity contribution in [2.45, 2.75) is 33.1 Å². The third-order valence-electron chi connectivity index (χ3n) is 4.35. The van der Waals surface area contributed by atoms with E-state index >= 15 is 0 Å². The van der Waals surface area contributed by atoms with Gasteiger partial charge in [-0.15, -0.1) is 16.4 Å². The molecule has 128 valence electrons. The van der Waals surface area contributed by atoms with E-state index in [1.165, 1.54) is 4.88 Å². The van der Waals surface area contributed by atoms with E-state index in [-0.39, 0.29) is 17.6 Å². The number of carbonyl (C=O) groups excluding carboxylic acids is 2. The summed E-state index contributed by atoms with van der Waals surface area (Å²) in [4.78, 5) is 34.2. The van der Waals surface area contributed by atoms with Gasteiger partial charge in [0.2, 0.25) is 5.95 Å². The van der Waals surface area contributed by atoms with Crippen LogP contribution in [0.4, 0.5) is 5.95 Å². The number of ketones is 1. The van der Waals surface area contributed by atoms with Crippen molar-refractivity contribution < 1.29 is 9.59 Å². The molecule has 25 heavy (non-hydrogen) atoms. The fourth-order valence-electron chi connectivity index (χ4n) is 3.15. The topological polar surface area (TPSA) is 104 Å². The van der Waals surface area contributed by atoms with Crippen molar-refractivity contribution in [2.24, 2.45) is 0 Å². The largest absolute Gasteiger partial charge is 0.354 e. The van der Waals surface area contributed by atoms with Crippen LogP contribution < -0.4 is 5.32 Å². The van der Waals surface area contributed by atoms with Crippen LogP contribution in [0, 0.1) is 13.8 Å². The highest BCUT2D eigenvalue weighted by molar-refractivity contribution is 7.15. The van der Waals surface area contributed by atoms with Crippen molar-refractivity contribution in [1.82, 2.24) is 20.2 Å². The minimum absolute atomic E-state index is 0.0993. The summed E-state index contributed by atoms with van der Waals surface area (Å²) in [6, 6.07) is 3.96. The van der Waals surface area contributed by atoms with Gasteiger partial charge in [-0.3, -0.25) is 20.0 Å². The van der Waals surface area contributed by atoms with E-state index in [0.29, 0.717) is 29.1 Å². The Balaban J connectivity index is 1.57. The highest BCUT2D eigenvalue weighted by atomic mass is 32.1. The predicted octanol–water partition coefficient (Wildman–Crippen LogP) is 3.25. The second-order valence-electron chi connectivity index (χ2n) is 6.13. The first kappa shape index (κ1) is 15.8. The molecule has 0 unspecified atom stereocenters. The number of nitrogens with one attached hydrogen (secondary N) is 3. The second-order valence-corrected chi connectivity index (χ2v) is 7.42. The first-order valence-corrected chi connectivity index (χ1v) is 8.90. The standard InChI is InChI=1S/C17H17N5O2S/c1-8-6-7-12(25-8)15-19-17(22-21-15)20-16(24)14-9(2)13-10(18-14)4-3-5-11(13)23/h6-7,18H,3-5H2,1-2H3,(H2,19,20,21,22,24). The molecule has 3 N–H and O–H groups in total. The number of fused-ring (bicyclic) bond motifs is 1. The highest BCUT2D eigenvalue weighted by Gasteiger charge is 2.26. The molecule has 3 heterocycles. The lowest BCUT2D eigenvalue weighted by Crippen LogP contribution is -2.15. The van der Waals surface area contributed by atoms with Gasteiger partial charge in [0.1, 0.15) is 5.69 Å². The minimum atomic E-state index is -0.340. The number of amides is 1. The van der Waals surface area contributed by atoms with E-state index in [0.717, 1.165) is 23.4 Å². The Kier molecular flexibility index (Phi) is 3.76. The van der Waals surface area contributed by atoms with Gasteiger partial charge in [0.05, 0.1) is 4.88 Å². The summed E-state index contributed by atoms with van der Waals surface area (Å²) in [5.41, 5.74) is 2.62. The van der Waals surface area contributed by atoms with E-state index in [1.54, 1.807) is 18.3 Å². The van der Waals surface area contributed by atoms with Gasteiger partial charge >= 0.3 is 0 Å². The molecule has 0 aromatic carbocycles. The quantitative estimate of drug-likeness (QED) is 0.671. The SMILES string of the molecule is Cc1ccc(-c2nc(NC(=O)c3[nH]c4c(c3C)C(=O)CCC4)n[nH]2)s1. The fourth-order valence-corrected chi connectivity index (χ4v) is 3.96. The monoisotopic (exact) mass is 355 g/mol. The maximum atomic E-state index is 12.6. The van der Waals surface area contributed by atoms with Crippen molar-refractivity contribution >= 4 is 29.0 Å². The number of hydrogen-bond donors (Lipinski definition) is 3. The van der Waals surface area contributed by atoms with Gasteiger partial charge in [0.25, 0.3) is 5.91 Å². The van der Waals surface area contributed by atoms with Crippen LogP contribution in [0.5, 0.6) is 0 Å². The molecule has 0 radical (unpaired) electrons. The molecule has 0 saturated carbocycles. The number of aromatic nitrogens is 4. The molecule has 3 aromatic heterocycles. The predicted molar refractivity (Wildman–Crippen MR) is 95.2 cm³/mol. The zero-order valence-electron chi connectivity index (χ0n) is 13.9. The molecule has 7 nitrogen and oxygen atoms in total. The van der Waals surface area contributed by atoms with Gasteiger partial charge in [-0.1, -0.05) is 0 Å². The molecule has 8 heteroatoms. The van der Waals surface area contributed by atoms with Crippen LogP contribution in [-0.4, -0.2) is 31.9 Å². The van der Waals surface area contributed by atoms with Gasteiger partial charge < -0.3 is 4.98 Å². The Morgan fingerprint density at radius 1 is 1.28 bits per heavy atom. The maximum absolute atomic E-state index is 12.6. The summed E-state index contributed by atoms with van der Waals surface area (Å²) in [5, 5.41) is 9.57. The van der Waals surface area contributed by atoms with Crippen molar-refractivity contribution in [3.63, 3.8) is 0 Å². The molecule has 3 aromatic rings. The van der Waals surface area contributed by atoms with Gasteiger partial charge in [0.15, 0.2) is 11.6 Å². The molecule has 0 spiro atoms. The number of thiophene rings is 1. The van der Waals surface area contributed by atoms with E-state index < -0.39 is 0 Å². The minimum Gasteiger partial charge on any atom is -0.354 e. The molecule has 0 atom stereocenters. The Morgan fingerprint density at radius 2 is 2.12 bits per heavy atom. The van der Waals surface area contributed by atoms with Gasteiger partial charge in [-0.25, -0.2) is 0 Å². The number of H-pyrrole nitrogens is 2. The average molecular weight is 355 g/mol. The van der Waals surface area contributed by atoms with Crippen LogP contribution in [0.15, 0.2) is 12.1 Å². The molecular formula is C17H17N5O2S. The van der Waals surface area contributed by atoms with Crippen LogP contribution in [0.3, 0.4) is 0 Å². The lowest BCUT2D eigenvalue weighted by atomic mass is 9.94. The zero-order valence-corrected chi connectivity index (χ0v) is 14.7. The summed E-state index contributed by atoms with van der Waals surface area (Å²) in [7, 11) is 0. The van der Waals surface area contributed by atoms with Crippen LogP contribution in [0.2, 0.25) is 0 Å². The van der Waals surface area contributed by atoms with Crippen LogP contribution >= 0.6 is 11.3 Å². The molecule has 4 rings (SSSR count). The zero-order chi connectivity index (χ0) is 17.6. The average Bonchev–Trinajstić information content (AvgIpc) is 3.27. The number of nitrogens with zero attached hydrogens (tertiary/aromatic N) is 2. The lowest BCUT2D eigenvalue weighted by molar-refractivity contribution is 0.0971. The summed E-state index contributed by atoms with van der Waals surface area (Å²) in [6.45, 7) is 3.82. The second kappa shape index (κ2) is 5.96. The number of anilines is 1. The fraction of sp³-hybridized carbons (Fsp3) is 0.294. The molecular weight excluding hydrogens is 338 g/mol. The Hall–Kier alpha value is -2.74. The first-order valence-electron chi connectivity index (χ1n) is 8.08. The third-order valence-corrected chi connectivity index (χ3v) is 5.36. The van der Waals surface area contributed by atoms with Crippen molar-refractivity contribution in [3.05, 3.63) is 39.5 Å². The van der Waals surface area contributed by atoms with Crippen LogP contribution in [-0.2, 0) is 6.42 Å². The molecule has 1 aliphatic carbocycles. The van der Waals surface area contributed by atoms with Gasteiger partial charge in [0, 0.05) is 22.6 Å². The van der Waals surface area contributed by atoms with E-state index in [9.17, 15) is 9.59 Å². The number of hydrogen-bond acceptors (Lipinski definition) is 5. The Bertz CT molecular complexity index is 981. The van der Waals surface area contributed by atoms with E-state index in [2.05, 4.69) is 25.5 Å². The van der Waals surface area contributed by atoms with Crippen molar-refractivity contribution in [2.75, 3.05) is 5.32 Å². The molecule has 0 fully saturated rings. The summed E-state index contributed by atoms with van der Waals surface area (Å²) >= 11 is 1.60. The highest BCUT2D eigenvalue weighted by Crippen LogP contribution is 2.27. The Morgan fingerprint density at radius 3 is 2.84 bits per heavy atom.